The van der Waals surface area contributed by atoms with Crippen LogP contribution in [0.1, 0.15) is 45.4 Å². The SMILES string of the molecule is CC1CN2CCCCC2N1CC(=O)C1CCC(Cl)C(Cl)C1. The number of fused-ring (bicyclic) bond motifs is 1. The van der Waals surface area contributed by atoms with Crippen LogP contribution in [0.15, 0.2) is 0 Å². The number of carbonyl (C=O) groups excluding carboxylic acids is 1. The van der Waals surface area contributed by atoms with Gasteiger partial charge < -0.3 is 0 Å². The van der Waals surface area contributed by atoms with Crippen LogP contribution in [0, 0.1) is 5.92 Å². The minimum absolute atomic E-state index is 0.0373. The van der Waals surface area contributed by atoms with Gasteiger partial charge in [-0.05, 0) is 52.0 Å². The van der Waals surface area contributed by atoms with Crippen LogP contribution < -0.4 is 0 Å². The molecule has 0 spiro atoms. The maximum absolute atomic E-state index is 12.7. The summed E-state index contributed by atoms with van der Waals surface area (Å²) in [6, 6.07) is 0.494. The summed E-state index contributed by atoms with van der Waals surface area (Å²) in [6.45, 7) is 5.17. The predicted octanol–water partition coefficient (Wildman–Crippen LogP) is 3.09. The molecule has 3 nitrogen and oxygen atoms in total. The van der Waals surface area contributed by atoms with Crippen LogP contribution in [-0.4, -0.2) is 58.2 Å². The standard InChI is InChI=1S/C16H26Cl2N2O/c1-11-9-19-7-3-2-4-16(19)20(11)10-15(21)12-5-6-13(17)14(18)8-12/h11-14,16H,2-10H2,1H3. The Kier molecular flexibility index (Phi) is 5.15. The Hall–Kier alpha value is 0.170. The molecule has 21 heavy (non-hydrogen) atoms. The van der Waals surface area contributed by atoms with Crippen molar-refractivity contribution in [3.63, 3.8) is 0 Å². The Morgan fingerprint density at radius 3 is 2.71 bits per heavy atom. The summed E-state index contributed by atoms with van der Waals surface area (Å²) in [7, 11) is 0. The van der Waals surface area contributed by atoms with Crippen molar-refractivity contribution in [1.82, 2.24) is 9.80 Å². The van der Waals surface area contributed by atoms with Gasteiger partial charge in [-0.1, -0.05) is 0 Å². The molecule has 5 atom stereocenters. The molecular weight excluding hydrogens is 307 g/mol. The maximum atomic E-state index is 12.7. The summed E-state index contributed by atoms with van der Waals surface area (Å²) in [4.78, 5) is 17.6. The molecule has 2 aliphatic heterocycles. The van der Waals surface area contributed by atoms with Gasteiger partial charge in [-0.15, -0.1) is 23.2 Å². The fourth-order valence-electron chi connectivity index (χ4n) is 4.24. The maximum Gasteiger partial charge on any atom is 0.150 e. The van der Waals surface area contributed by atoms with Crippen LogP contribution in [0.4, 0.5) is 0 Å². The first-order valence-electron chi connectivity index (χ1n) is 8.37. The molecule has 5 unspecified atom stereocenters. The first-order chi connectivity index (χ1) is 10.1. The van der Waals surface area contributed by atoms with E-state index in [1.165, 1.54) is 25.8 Å². The lowest BCUT2D eigenvalue weighted by Crippen LogP contribution is -2.46. The highest BCUT2D eigenvalue weighted by molar-refractivity contribution is 6.30. The normalized spacial score (nSPS) is 42.0. The Balaban J connectivity index is 1.59. The molecule has 0 aromatic heterocycles. The van der Waals surface area contributed by atoms with Crippen molar-refractivity contribution in [2.75, 3.05) is 19.6 Å². The van der Waals surface area contributed by atoms with Crippen molar-refractivity contribution in [3.8, 4) is 0 Å². The van der Waals surface area contributed by atoms with Crippen LogP contribution in [0.5, 0.6) is 0 Å². The third-order valence-corrected chi connectivity index (χ3v) is 6.65. The first kappa shape index (κ1) is 16.0. The second kappa shape index (κ2) is 6.74. The number of halogens is 2. The molecule has 0 N–H and O–H groups in total. The second-order valence-corrected chi connectivity index (χ2v) is 8.12. The van der Waals surface area contributed by atoms with Crippen molar-refractivity contribution in [1.29, 1.82) is 0 Å². The molecule has 0 aromatic rings. The molecule has 1 aliphatic carbocycles. The highest BCUT2D eigenvalue weighted by atomic mass is 35.5. The zero-order valence-electron chi connectivity index (χ0n) is 12.8. The second-order valence-electron chi connectivity index (χ2n) is 7.00. The van der Waals surface area contributed by atoms with E-state index in [9.17, 15) is 4.79 Å². The highest BCUT2D eigenvalue weighted by Gasteiger charge is 2.40. The van der Waals surface area contributed by atoms with E-state index in [-0.39, 0.29) is 16.7 Å². The summed E-state index contributed by atoms with van der Waals surface area (Å²) < 4.78 is 0. The fraction of sp³-hybridized carbons (Fsp3) is 0.938. The zero-order valence-corrected chi connectivity index (χ0v) is 14.3. The topological polar surface area (TPSA) is 23.6 Å². The minimum atomic E-state index is -0.0449. The molecule has 3 aliphatic rings. The molecule has 2 heterocycles. The van der Waals surface area contributed by atoms with Crippen LogP contribution in [0.2, 0.25) is 0 Å². The Labute approximate surface area is 137 Å². The number of hydrogen-bond donors (Lipinski definition) is 0. The average molecular weight is 333 g/mol. The molecule has 3 fully saturated rings. The molecule has 3 rings (SSSR count). The number of rotatable bonds is 3. The average Bonchev–Trinajstić information content (AvgIpc) is 2.78. The number of nitrogens with zero attached hydrogens (tertiary/aromatic N) is 2. The lowest BCUT2D eigenvalue weighted by Gasteiger charge is -2.35. The van der Waals surface area contributed by atoms with Gasteiger partial charge in [-0.25, -0.2) is 0 Å². The number of piperidine rings is 1. The monoisotopic (exact) mass is 332 g/mol. The molecule has 0 radical (unpaired) electrons. The minimum Gasteiger partial charge on any atom is -0.298 e. The lowest BCUT2D eigenvalue weighted by atomic mass is 9.85. The van der Waals surface area contributed by atoms with E-state index >= 15 is 0 Å². The summed E-state index contributed by atoms with van der Waals surface area (Å²) in [5, 5.41) is -0.00758. The lowest BCUT2D eigenvalue weighted by molar-refractivity contribution is -0.126. The largest absolute Gasteiger partial charge is 0.298 e. The number of alkyl halides is 2. The van der Waals surface area contributed by atoms with E-state index in [0.29, 0.717) is 24.5 Å². The van der Waals surface area contributed by atoms with E-state index in [1.807, 2.05) is 0 Å². The van der Waals surface area contributed by atoms with Crippen LogP contribution >= 0.6 is 23.2 Å². The Morgan fingerprint density at radius 1 is 1.14 bits per heavy atom. The quantitative estimate of drug-likeness (QED) is 0.742. The van der Waals surface area contributed by atoms with Crippen molar-refractivity contribution in [2.45, 2.75) is 68.4 Å². The van der Waals surface area contributed by atoms with Gasteiger partial charge in [0, 0.05) is 23.9 Å². The van der Waals surface area contributed by atoms with Gasteiger partial charge in [0.05, 0.1) is 18.1 Å². The summed E-state index contributed by atoms with van der Waals surface area (Å²) in [5.74, 6) is 0.496. The van der Waals surface area contributed by atoms with Gasteiger partial charge in [-0.2, -0.15) is 0 Å². The number of carbonyl (C=O) groups is 1. The van der Waals surface area contributed by atoms with Gasteiger partial charge in [-0.3, -0.25) is 14.6 Å². The zero-order chi connectivity index (χ0) is 15.0. The summed E-state index contributed by atoms with van der Waals surface area (Å²) >= 11 is 12.4. The number of ketones is 1. The van der Waals surface area contributed by atoms with Crippen molar-refractivity contribution < 1.29 is 4.79 Å². The van der Waals surface area contributed by atoms with Crippen molar-refractivity contribution in [2.24, 2.45) is 5.92 Å². The Bertz CT molecular complexity index is 392. The van der Waals surface area contributed by atoms with Gasteiger partial charge in [0.1, 0.15) is 5.78 Å². The van der Waals surface area contributed by atoms with E-state index in [4.69, 9.17) is 23.2 Å². The molecule has 0 aromatic carbocycles. The molecular formula is C16H26Cl2N2O. The van der Waals surface area contributed by atoms with Gasteiger partial charge in [0.2, 0.25) is 0 Å². The molecule has 5 heteroatoms. The van der Waals surface area contributed by atoms with Crippen LogP contribution in [-0.2, 0) is 4.79 Å². The van der Waals surface area contributed by atoms with E-state index in [0.717, 1.165) is 25.8 Å². The predicted molar refractivity (Wildman–Crippen MR) is 87.0 cm³/mol. The van der Waals surface area contributed by atoms with E-state index in [1.54, 1.807) is 0 Å². The Morgan fingerprint density at radius 2 is 1.95 bits per heavy atom. The fourth-order valence-corrected chi connectivity index (χ4v) is 4.81. The third-order valence-electron chi connectivity index (χ3n) is 5.51. The van der Waals surface area contributed by atoms with Crippen LogP contribution in [0.3, 0.4) is 0 Å². The van der Waals surface area contributed by atoms with Crippen LogP contribution in [0.25, 0.3) is 0 Å². The smallest absolute Gasteiger partial charge is 0.150 e. The third kappa shape index (κ3) is 3.41. The first-order valence-corrected chi connectivity index (χ1v) is 9.24. The van der Waals surface area contributed by atoms with Crippen molar-refractivity contribution >= 4 is 29.0 Å². The van der Waals surface area contributed by atoms with Gasteiger partial charge in [0.25, 0.3) is 0 Å². The van der Waals surface area contributed by atoms with Gasteiger partial charge in [0.15, 0.2) is 0 Å². The van der Waals surface area contributed by atoms with Gasteiger partial charge >= 0.3 is 0 Å². The molecule has 1 saturated carbocycles. The molecule has 120 valence electrons. The van der Waals surface area contributed by atoms with Crippen molar-refractivity contribution in [3.05, 3.63) is 0 Å². The number of Topliss-reactive ketones (excluding diaryl/α,β-unsaturated/α-hetero) is 1. The highest BCUT2D eigenvalue weighted by Crippen LogP contribution is 2.34. The number of hydrogen-bond acceptors (Lipinski definition) is 3. The van der Waals surface area contributed by atoms with E-state index < -0.39 is 0 Å². The summed E-state index contributed by atoms with van der Waals surface area (Å²) in [6.07, 6.45) is 6.84. The molecule has 2 saturated heterocycles. The molecule has 0 bridgehead atoms. The molecule has 0 amide bonds. The van der Waals surface area contributed by atoms with E-state index in [2.05, 4.69) is 16.7 Å². The summed E-state index contributed by atoms with van der Waals surface area (Å²) in [5.41, 5.74) is 0.